The van der Waals surface area contributed by atoms with Crippen LogP contribution in [-0.4, -0.2) is 32.1 Å². The summed E-state index contributed by atoms with van der Waals surface area (Å²) in [6.45, 7) is 4.35. The van der Waals surface area contributed by atoms with Gasteiger partial charge in [-0.25, -0.2) is 0 Å². The van der Waals surface area contributed by atoms with Gasteiger partial charge in [0, 0.05) is 6.04 Å². The molecule has 0 fully saturated rings. The molecule has 0 saturated carbocycles. The van der Waals surface area contributed by atoms with Crippen LogP contribution in [0.25, 0.3) is 0 Å². The lowest BCUT2D eigenvalue weighted by atomic mass is 9.97. The van der Waals surface area contributed by atoms with E-state index in [0.29, 0.717) is 12.3 Å². The number of nitrogens with zero attached hydrogens (tertiary/aromatic N) is 1. The third-order valence-corrected chi connectivity index (χ3v) is 3.20. The van der Waals surface area contributed by atoms with Crippen molar-refractivity contribution >= 4 is 5.97 Å². The summed E-state index contributed by atoms with van der Waals surface area (Å²) in [7, 11) is 5.38. The van der Waals surface area contributed by atoms with E-state index in [1.807, 2.05) is 19.0 Å². The quantitative estimate of drug-likeness (QED) is 0.751. The molecular formula is C15H23NO2. The van der Waals surface area contributed by atoms with Crippen LogP contribution < -0.4 is 0 Å². The van der Waals surface area contributed by atoms with Gasteiger partial charge in [0.1, 0.15) is 0 Å². The zero-order valence-electron chi connectivity index (χ0n) is 11.9. The van der Waals surface area contributed by atoms with E-state index in [9.17, 15) is 4.79 Å². The number of esters is 1. The Bertz CT molecular complexity index is 382. The van der Waals surface area contributed by atoms with E-state index in [1.165, 1.54) is 12.7 Å². The molecule has 100 valence electrons. The Morgan fingerprint density at radius 2 is 1.67 bits per heavy atom. The summed E-state index contributed by atoms with van der Waals surface area (Å²) in [6.07, 6.45) is 0.379. The molecule has 1 aromatic carbocycles. The Hall–Kier alpha value is -1.35. The summed E-state index contributed by atoms with van der Waals surface area (Å²) >= 11 is 0. The van der Waals surface area contributed by atoms with Crippen molar-refractivity contribution in [3.05, 3.63) is 35.4 Å². The van der Waals surface area contributed by atoms with Crippen LogP contribution in [0, 0.1) is 0 Å². The van der Waals surface area contributed by atoms with E-state index >= 15 is 0 Å². The SMILES string of the molecule is COC(=O)CC(c1ccc(C(C)C)cc1)N(C)C. The number of carbonyl (C=O) groups excluding carboxylic acids is 1. The van der Waals surface area contributed by atoms with Gasteiger partial charge < -0.3 is 9.64 Å². The number of hydrogen-bond acceptors (Lipinski definition) is 3. The minimum atomic E-state index is -0.179. The van der Waals surface area contributed by atoms with E-state index < -0.39 is 0 Å². The van der Waals surface area contributed by atoms with Crippen molar-refractivity contribution in [1.82, 2.24) is 4.90 Å². The van der Waals surface area contributed by atoms with Gasteiger partial charge >= 0.3 is 5.97 Å². The Kier molecular flexibility index (Phi) is 5.35. The lowest BCUT2D eigenvalue weighted by Crippen LogP contribution is -2.23. The molecule has 1 rings (SSSR count). The van der Waals surface area contributed by atoms with Gasteiger partial charge in [0.2, 0.25) is 0 Å². The molecule has 1 aromatic rings. The molecule has 3 nitrogen and oxygen atoms in total. The van der Waals surface area contributed by atoms with Crippen LogP contribution in [0.5, 0.6) is 0 Å². The molecular weight excluding hydrogens is 226 g/mol. The second kappa shape index (κ2) is 6.55. The van der Waals surface area contributed by atoms with Gasteiger partial charge in [-0.1, -0.05) is 38.1 Å². The number of rotatable bonds is 5. The molecule has 1 unspecified atom stereocenters. The average Bonchev–Trinajstić information content (AvgIpc) is 2.35. The van der Waals surface area contributed by atoms with Crippen LogP contribution in [0.1, 0.15) is 43.4 Å². The van der Waals surface area contributed by atoms with Crippen LogP contribution in [0.4, 0.5) is 0 Å². The highest BCUT2D eigenvalue weighted by Gasteiger charge is 2.18. The Morgan fingerprint density at radius 3 is 2.06 bits per heavy atom. The molecule has 18 heavy (non-hydrogen) atoms. The van der Waals surface area contributed by atoms with Crippen LogP contribution in [0.3, 0.4) is 0 Å². The number of hydrogen-bond donors (Lipinski definition) is 0. The highest BCUT2D eigenvalue weighted by atomic mass is 16.5. The first kappa shape index (κ1) is 14.7. The van der Waals surface area contributed by atoms with Crippen molar-refractivity contribution in [3.63, 3.8) is 0 Å². The van der Waals surface area contributed by atoms with E-state index in [0.717, 1.165) is 5.56 Å². The predicted molar refractivity (Wildman–Crippen MR) is 73.6 cm³/mol. The standard InChI is InChI=1S/C15H23NO2/c1-11(2)12-6-8-13(9-7-12)14(16(3)4)10-15(17)18-5/h6-9,11,14H,10H2,1-5H3. The Balaban J connectivity index is 2.89. The summed E-state index contributed by atoms with van der Waals surface area (Å²) in [5.74, 6) is 0.346. The topological polar surface area (TPSA) is 29.5 Å². The summed E-state index contributed by atoms with van der Waals surface area (Å²) in [4.78, 5) is 13.5. The molecule has 0 aliphatic carbocycles. The summed E-state index contributed by atoms with van der Waals surface area (Å²) in [5, 5.41) is 0. The third kappa shape index (κ3) is 3.84. The molecule has 0 aliphatic heterocycles. The van der Waals surface area contributed by atoms with Crippen molar-refractivity contribution in [2.45, 2.75) is 32.2 Å². The number of carbonyl (C=O) groups is 1. The van der Waals surface area contributed by atoms with Gasteiger partial charge in [-0.05, 0) is 31.1 Å². The van der Waals surface area contributed by atoms with E-state index in [2.05, 4.69) is 38.1 Å². The largest absolute Gasteiger partial charge is 0.469 e. The fourth-order valence-corrected chi connectivity index (χ4v) is 1.94. The fourth-order valence-electron chi connectivity index (χ4n) is 1.94. The fraction of sp³-hybridized carbons (Fsp3) is 0.533. The van der Waals surface area contributed by atoms with Gasteiger partial charge in [-0.3, -0.25) is 4.79 Å². The highest BCUT2D eigenvalue weighted by molar-refractivity contribution is 5.70. The van der Waals surface area contributed by atoms with Crippen molar-refractivity contribution in [2.24, 2.45) is 0 Å². The van der Waals surface area contributed by atoms with Crippen LogP contribution in [-0.2, 0) is 9.53 Å². The lowest BCUT2D eigenvalue weighted by molar-refractivity contribution is -0.141. The van der Waals surface area contributed by atoms with Crippen LogP contribution in [0.2, 0.25) is 0 Å². The molecule has 0 bridgehead atoms. The Morgan fingerprint density at radius 1 is 1.17 bits per heavy atom. The van der Waals surface area contributed by atoms with Crippen molar-refractivity contribution in [2.75, 3.05) is 21.2 Å². The molecule has 0 aliphatic rings. The first-order valence-corrected chi connectivity index (χ1v) is 6.28. The summed E-state index contributed by atoms with van der Waals surface area (Å²) in [5.41, 5.74) is 2.46. The smallest absolute Gasteiger partial charge is 0.307 e. The average molecular weight is 249 g/mol. The number of ether oxygens (including phenoxy) is 1. The van der Waals surface area contributed by atoms with Crippen molar-refractivity contribution in [1.29, 1.82) is 0 Å². The first-order chi connectivity index (χ1) is 8.45. The van der Waals surface area contributed by atoms with Crippen molar-refractivity contribution < 1.29 is 9.53 Å². The molecule has 3 heteroatoms. The first-order valence-electron chi connectivity index (χ1n) is 6.28. The monoisotopic (exact) mass is 249 g/mol. The predicted octanol–water partition coefficient (Wildman–Crippen LogP) is 2.98. The van der Waals surface area contributed by atoms with E-state index in [4.69, 9.17) is 4.74 Å². The Labute approximate surface area is 110 Å². The van der Waals surface area contributed by atoms with Gasteiger partial charge in [0.15, 0.2) is 0 Å². The molecule has 0 amide bonds. The molecule has 0 aromatic heterocycles. The van der Waals surface area contributed by atoms with Crippen LogP contribution >= 0.6 is 0 Å². The second-order valence-corrected chi connectivity index (χ2v) is 5.08. The zero-order chi connectivity index (χ0) is 13.7. The number of methoxy groups -OCH3 is 1. The summed E-state index contributed by atoms with van der Waals surface area (Å²) in [6, 6.07) is 8.53. The van der Waals surface area contributed by atoms with Crippen LogP contribution in [0.15, 0.2) is 24.3 Å². The maximum atomic E-state index is 11.4. The van der Waals surface area contributed by atoms with Gasteiger partial charge in [-0.15, -0.1) is 0 Å². The third-order valence-electron chi connectivity index (χ3n) is 3.20. The van der Waals surface area contributed by atoms with Gasteiger partial charge in [-0.2, -0.15) is 0 Å². The molecule has 0 heterocycles. The molecule has 1 atom stereocenters. The minimum Gasteiger partial charge on any atom is -0.469 e. The molecule has 0 spiro atoms. The van der Waals surface area contributed by atoms with E-state index in [1.54, 1.807) is 0 Å². The molecule has 0 radical (unpaired) electrons. The minimum absolute atomic E-state index is 0.0682. The molecule has 0 N–H and O–H groups in total. The summed E-state index contributed by atoms with van der Waals surface area (Å²) < 4.78 is 4.75. The highest BCUT2D eigenvalue weighted by Crippen LogP contribution is 2.24. The second-order valence-electron chi connectivity index (χ2n) is 5.08. The lowest BCUT2D eigenvalue weighted by Gasteiger charge is -2.24. The number of benzene rings is 1. The maximum absolute atomic E-state index is 11.4. The maximum Gasteiger partial charge on any atom is 0.307 e. The molecule has 0 saturated heterocycles. The van der Waals surface area contributed by atoms with Crippen molar-refractivity contribution in [3.8, 4) is 0 Å². The zero-order valence-corrected chi connectivity index (χ0v) is 11.9. The normalized spacial score (nSPS) is 12.8. The van der Waals surface area contributed by atoms with Gasteiger partial charge in [0.25, 0.3) is 0 Å². The van der Waals surface area contributed by atoms with Gasteiger partial charge in [0.05, 0.1) is 13.5 Å². The van der Waals surface area contributed by atoms with E-state index in [-0.39, 0.29) is 12.0 Å².